The third-order valence-corrected chi connectivity index (χ3v) is 7.41. The number of carbonyl (C=O) groups excluding carboxylic acids is 4. The number of nitrogens with zero attached hydrogens (tertiary/aromatic N) is 1. The Labute approximate surface area is 238 Å². The summed E-state index contributed by atoms with van der Waals surface area (Å²) in [4.78, 5) is 57.3. The number of rotatable bonds is 16. The first-order chi connectivity index (χ1) is 19.0. The van der Waals surface area contributed by atoms with Crippen LogP contribution in [-0.2, 0) is 35.0 Å². The summed E-state index contributed by atoms with van der Waals surface area (Å²) in [5.41, 5.74) is -0.324. The Morgan fingerprint density at radius 3 is 2.23 bits per heavy atom. The van der Waals surface area contributed by atoms with Crippen LogP contribution < -0.4 is 16.0 Å². The van der Waals surface area contributed by atoms with Crippen molar-refractivity contribution in [2.75, 3.05) is 27.9 Å². The molecule has 3 N–H and O–H groups in total. The molecule has 0 radical (unpaired) electrons. The molecule has 0 saturated heterocycles. The van der Waals surface area contributed by atoms with Crippen LogP contribution in [0, 0.1) is 6.92 Å². The van der Waals surface area contributed by atoms with Gasteiger partial charge in [-0.1, -0.05) is 43.8 Å². The number of aromatic nitrogens is 1. The Bertz CT molecular complexity index is 1180. The van der Waals surface area contributed by atoms with Crippen molar-refractivity contribution in [3.8, 4) is 0 Å². The molecule has 1 aromatic heterocycles. The zero-order valence-electron chi connectivity index (χ0n) is 23.7. The molecule has 0 aliphatic rings. The smallest absolute Gasteiger partial charge is 0.263 e. The largest absolute Gasteiger partial charge is 0.499 e. The van der Waals surface area contributed by atoms with Crippen LogP contribution in [-0.4, -0.2) is 80.2 Å². The molecule has 11 nitrogen and oxygen atoms in total. The fourth-order valence-corrected chi connectivity index (χ4v) is 4.48. The molecule has 3 amide bonds. The molecule has 12 heteroatoms. The molecule has 1 heterocycles. The van der Waals surface area contributed by atoms with Gasteiger partial charge in [0.25, 0.3) is 11.8 Å². The number of thiazole rings is 1. The van der Waals surface area contributed by atoms with Crippen LogP contribution in [0.5, 0.6) is 0 Å². The van der Waals surface area contributed by atoms with Gasteiger partial charge in [0.2, 0.25) is 5.91 Å². The lowest BCUT2D eigenvalue weighted by atomic mass is 9.88. The van der Waals surface area contributed by atoms with Crippen molar-refractivity contribution in [1.82, 2.24) is 20.9 Å². The molecule has 0 spiro atoms. The van der Waals surface area contributed by atoms with Gasteiger partial charge in [-0.05, 0) is 32.3 Å². The molecule has 0 fully saturated rings. The van der Waals surface area contributed by atoms with Crippen molar-refractivity contribution in [2.45, 2.75) is 57.3 Å². The first kappa shape index (κ1) is 32.6. The van der Waals surface area contributed by atoms with E-state index in [4.69, 9.17) is 14.2 Å². The van der Waals surface area contributed by atoms with E-state index in [-0.39, 0.29) is 24.6 Å². The van der Waals surface area contributed by atoms with Gasteiger partial charge < -0.3 is 30.2 Å². The Kier molecular flexibility index (Phi) is 12.4. The lowest BCUT2D eigenvalue weighted by Crippen LogP contribution is -2.59. The van der Waals surface area contributed by atoms with Crippen LogP contribution in [0.15, 0.2) is 48.9 Å². The summed E-state index contributed by atoms with van der Waals surface area (Å²) in [6, 6.07) is 5.72. The van der Waals surface area contributed by atoms with Gasteiger partial charge in [0, 0.05) is 14.2 Å². The normalized spacial score (nSPS) is 14.7. The predicted molar refractivity (Wildman–Crippen MR) is 151 cm³/mol. The number of hydrogen-bond donors (Lipinski definition) is 3. The molecule has 0 bridgehead atoms. The van der Waals surface area contributed by atoms with Gasteiger partial charge in [-0.25, -0.2) is 4.98 Å². The van der Waals surface area contributed by atoms with Crippen molar-refractivity contribution < 1.29 is 33.4 Å². The Morgan fingerprint density at radius 2 is 1.70 bits per heavy atom. The summed E-state index contributed by atoms with van der Waals surface area (Å²) >= 11 is 1.17. The van der Waals surface area contributed by atoms with E-state index < -0.39 is 41.4 Å². The molecule has 2 rings (SSSR count). The fraction of sp³-hybridized carbons (Fsp3) is 0.464. The number of ether oxygens (including phenoxy) is 3. The number of hydrogen-bond acceptors (Lipinski definition) is 9. The standard InChI is InChI=1S/C28H38N4O7S/c1-8-28(4,39-7)24(33)20(14-19-12-10-9-11-13-19)30-27(36)23(17(2)38-6)32-25(34)21(16-37-5)31-26(35)22-15-29-18(3)40-22/h9-13,15,20-21,23H,2,8,14,16H2,1,3-7H3,(H,30,36)(H,31,35)(H,32,34). The second-order valence-corrected chi connectivity index (χ2v) is 10.5. The number of carbonyl (C=O) groups is 4. The Hall–Kier alpha value is -3.61. The molecular formula is C28H38N4O7S. The molecule has 0 aliphatic carbocycles. The Morgan fingerprint density at radius 1 is 1.02 bits per heavy atom. The number of nitrogens with one attached hydrogen (secondary N) is 3. The number of methoxy groups -OCH3 is 3. The van der Waals surface area contributed by atoms with E-state index in [0.29, 0.717) is 16.3 Å². The highest BCUT2D eigenvalue weighted by Crippen LogP contribution is 2.20. The van der Waals surface area contributed by atoms with Crippen LogP contribution >= 0.6 is 11.3 Å². The van der Waals surface area contributed by atoms with Crippen molar-refractivity contribution >= 4 is 34.8 Å². The zero-order valence-corrected chi connectivity index (χ0v) is 24.6. The average Bonchev–Trinajstić information content (AvgIpc) is 3.40. The van der Waals surface area contributed by atoms with Gasteiger partial charge in [0.1, 0.15) is 22.3 Å². The molecule has 4 atom stereocenters. The predicted octanol–water partition coefficient (Wildman–Crippen LogP) is 1.95. The second-order valence-electron chi connectivity index (χ2n) is 9.24. The molecule has 0 aliphatic heterocycles. The third kappa shape index (κ3) is 8.70. The first-order valence-electron chi connectivity index (χ1n) is 12.7. The second kappa shape index (κ2) is 15.2. The minimum Gasteiger partial charge on any atom is -0.499 e. The van der Waals surface area contributed by atoms with Gasteiger partial charge in [-0.2, -0.15) is 0 Å². The molecule has 4 unspecified atom stereocenters. The summed E-state index contributed by atoms with van der Waals surface area (Å²) in [5, 5.41) is 8.61. The summed E-state index contributed by atoms with van der Waals surface area (Å²) < 4.78 is 15.8. The highest BCUT2D eigenvalue weighted by molar-refractivity contribution is 7.13. The third-order valence-electron chi connectivity index (χ3n) is 6.50. The number of Topliss-reactive ketones (excluding diaryl/α,β-unsaturated/α-hetero) is 1. The van der Waals surface area contributed by atoms with Gasteiger partial charge in [0.15, 0.2) is 11.8 Å². The van der Waals surface area contributed by atoms with Gasteiger partial charge in [-0.3, -0.25) is 19.2 Å². The van der Waals surface area contributed by atoms with E-state index in [1.807, 2.05) is 37.3 Å². The lowest BCUT2D eigenvalue weighted by molar-refractivity contribution is -0.143. The monoisotopic (exact) mass is 574 g/mol. The molecule has 1 aromatic carbocycles. The highest BCUT2D eigenvalue weighted by atomic mass is 32.1. The summed E-state index contributed by atoms with van der Waals surface area (Å²) in [5.74, 6) is -2.34. The number of aryl methyl sites for hydroxylation is 1. The van der Waals surface area contributed by atoms with Gasteiger partial charge in [-0.15, -0.1) is 11.3 Å². The van der Waals surface area contributed by atoms with Crippen LogP contribution in [0.3, 0.4) is 0 Å². The van der Waals surface area contributed by atoms with Crippen molar-refractivity contribution in [3.05, 3.63) is 64.3 Å². The molecule has 2 aromatic rings. The van der Waals surface area contributed by atoms with Crippen LogP contribution in [0.25, 0.3) is 0 Å². The van der Waals surface area contributed by atoms with Gasteiger partial charge >= 0.3 is 0 Å². The Balaban J connectivity index is 2.28. The highest BCUT2D eigenvalue weighted by Gasteiger charge is 2.39. The summed E-state index contributed by atoms with van der Waals surface area (Å²) in [6.07, 6.45) is 1.99. The van der Waals surface area contributed by atoms with E-state index >= 15 is 0 Å². The molecule has 40 heavy (non-hydrogen) atoms. The molecule has 218 valence electrons. The van der Waals surface area contributed by atoms with Gasteiger partial charge in [0.05, 0.1) is 31.0 Å². The first-order valence-corrected chi connectivity index (χ1v) is 13.5. The van der Waals surface area contributed by atoms with Crippen LogP contribution in [0.4, 0.5) is 0 Å². The van der Waals surface area contributed by atoms with Crippen LogP contribution in [0.2, 0.25) is 0 Å². The van der Waals surface area contributed by atoms with E-state index in [2.05, 4.69) is 27.5 Å². The average molecular weight is 575 g/mol. The quantitative estimate of drug-likeness (QED) is 0.258. The summed E-state index contributed by atoms with van der Waals surface area (Å²) in [6.45, 7) is 8.82. The molecule has 0 saturated carbocycles. The maximum Gasteiger partial charge on any atom is 0.263 e. The lowest BCUT2D eigenvalue weighted by Gasteiger charge is -2.31. The number of benzene rings is 1. The molecular weight excluding hydrogens is 536 g/mol. The number of ketones is 1. The SMILES string of the molecule is C=C(OC)C(NC(=O)C(COC)NC(=O)c1cnc(C)s1)C(=O)NC(Cc1ccccc1)C(=O)C(C)(CC)OC. The van der Waals surface area contributed by atoms with E-state index in [0.717, 1.165) is 5.56 Å². The maximum atomic E-state index is 13.6. The van der Waals surface area contributed by atoms with Crippen molar-refractivity contribution in [3.63, 3.8) is 0 Å². The maximum absolute atomic E-state index is 13.6. The van der Waals surface area contributed by atoms with E-state index in [1.54, 1.807) is 13.8 Å². The summed E-state index contributed by atoms with van der Waals surface area (Å²) in [7, 11) is 4.12. The van der Waals surface area contributed by atoms with Crippen molar-refractivity contribution in [1.29, 1.82) is 0 Å². The zero-order chi connectivity index (χ0) is 29.9. The van der Waals surface area contributed by atoms with Crippen LogP contribution in [0.1, 0.15) is 40.5 Å². The topological polar surface area (TPSA) is 145 Å². The van der Waals surface area contributed by atoms with E-state index in [1.165, 1.54) is 38.9 Å². The van der Waals surface area contributed by atoms with E-state index in [9.17, 15) is 19.2 Å². The fourth-order valence-electron chi connectivity index (χ4n) is 3.80. The number of amides is 3. The van der Waals surface area contributed by atoms with Crippen molar-refractivity contribution in [2.24, 2.45) is 0 Å². The minimum absolute atomic E-state index is 0.0673. The minimum atomic E-state index is -1.37.